The number of benzene rings is 2. The van der Waals surface area contributed by atoms with Crippen LogP contribution >= 0.6 is 11.8 Å². The van der Waals surface area contributed by atoms with Gasteiger partial charge in [-0.3, -0.25) is 9.36 Å². The van der Waals surface area contributed by atoms with Crippen molar-refractivity contribution in [3.05, 3.63) is 66.0 Å². The second kappa shape index (κ2) is 10.7. The van der Waals surface area contributed by atoms with Crippen molar-refractivity contribution in [2.75, 3.05) is 13.2 Å². The Morgan fingerprint density at radius 2 is 2.00 bits per heavy atom. The molecule has 2 atom stereocenters. The summed E-state index contributed by atoms with van der Waals surface area (Å²) in [7, 11) is 0. The van der Waals surface area contributed by atoms with E-state index in [1.807, 2.05) is 73.0 Å². The number of carbonyl (C=O) groups is 1. The van der Waals surface area contributed by atoms with Crippen LogP contribution in [0.15, 0.2) is 59.8 Å². The molecule has 1 saturated heterocycles. The van der Waals surface area contributed by atoms with Gasteiger partial charge in [0.1, 0.15) is 12.4 Å². The summed E-state index contributed by atoms with van der Waals surface area (Å²) in [6, 6.07) is 17.8. The first-order chi connectivity index (χ1) is 15.6. The van der Waals surface area contributed by atoms with Crippen molar-refractivity contribution >= 4 is 17.7 Å². The Morgan fingerprint density at radius 3 is 2.75 bits per heavy atom. The van der Waals surface area contributed by atoms with E-state index in [1.165, 1.54) is 11.8 Å². The molecule has 1 aliphatic heterocycles. The molecule has 1 aliphatic rings. The third-order valence-corrected chi connectivity index (χ3v) is 6.39. The predicted molar refractivity (Wildman–Crippen MR) is 124 cm³/mol. The van der Waals surface area contributed by atoms with Gasteiger partial charge in [0.15, 0.2) is 11.0 Å². The van der Waals surface area contributed by atoms with Crippen LogP contribution < -0.4 is 10.1 Å². The summed E-state index contributed by atoms with van der Waals surface area (Å²) in [5, 5.41) is 12.1. The standard InChI is InChI=1S/C24H28N4O3S/c1-17-9-6-7-13-21(17)31-16-22-26-27-24(28(22)19-10-4-3-5-11-19)32-18(2)23(29)25-15-20-12-8-14-30-20/h3-7,9-11,13,18,20H,8,12,14-16H2,1-2H3,(H,25,29)/t18-,20-/m0/s1. The number of para-hydroxylation sites is 2. The lowest BCUT2D eigenvalue weighted by atomic mass is 10.2. The van der Waals surface area contributed by atoms with E-state index in [0.29, 0.717) is 17.5 Å². The second-order valence-corrected chi connectivity index (χ2v) is 9.07. The van der Waals surface area contributed by atoms with Gasteiger partial charge in [-0.15, -0.1) is 10.2 Å². The minimum Gasteiger partial charge on any atom is -0.485 e. The van der Waals surface area contributed by atoms with Crippen molar-refractivity contribution < 1.29 is 14.3 Å². The molecule has 0 radical (unpaired) electrons. The quantitative estimate of drug-likeness (QED) is 0.496. The number of nitrogens with one attached hydrogen (secondary N) is 1. The zero-order valence-corrected chi connectivity index (χ0v) is 19.2. The SMILES string of the molecule is Cc1ccccc1OCc1nnc(S[C@@H](C)C(=O)NC[C@@H]2CCCO2)n1-c1ccccc1. The van der Waals surface area contributed by atoms with Gasteiger partial charge in [0, 0.05) is 18.8 Å². The predicted octanol–water partition coefficient (Wildman–Crippen LogP) is 3.93. The highest BCUT2D eigenvalue weighted by molar-refractivity contribution is 8.00. The van der Waals surface area contributed by atoms with Crippen LogP contribution in [0.4, 0.5) is 0 Å². The minimum absolute atomic E-state index is 0.0363. The Labute approximate surface area is 192 Å². The van der Waals surface area contributed by atoms with Gasteiger partial charge in [0.05, 0.1) is 11.4 Å². The van der Waals surface area contributed by atoms with E-state index in [-0.39, 0.29) is 23.9 Å². The van der Waals surface area contributed by atoms with Crippen LogP contribution in [0.3, 0.4) is 0 Å². The van der Waals surface area contributed by atoms with Crippen LogP contribution in [0.1, 0.15) is 31.2 Å². The Kier molecular flexibility index (Phi) is 7.44. The number of rotatable bonds is 9. The zero-order valence-electron chi connectivity index (χ0n) is 18.4. The normalized spacial score (nSPS) is 16.6. The summed E-state index contributed by atoms with van der Waals surface area (Å²) in [5.74, 6) is 1.45. The topological polar surface area (TPSA) is 78.3 Å². The Hall–Kier alpha value is -2.84. The Bertz CT molecular complexity index is 1030. The Morgan fingerprint density at radius 1 is 1.22 bits per heavy atom. The molecule has 32 heavy (non-hydrogen) atoms. The molecular formula is C24H28N4O3S. The maximum absolute atomic E-state index is 12.6. The second-order valence-electron chi connectivity index (χ2n) is 7.76. The maximum atomic E-state index is 12.6. The molecule has 8 heteroatoms. The average molecular weight is 453 g/mol. The molecule has 0 aliphatic carbocycles. The lowest BCUT2D eigenvalue weighted by Gasteiger charge is -2.16. The number of hydrogen-bond donors (Lipinski definition) is 1. The summed E-state index contributed by atoms with van der Waals surface area (Å²) < 4.78 is 13.6. The molecule has 1 aromatic heterocycles. The van der Waals surface area contributed by atoms with E-state index in [4.69, 9.17) is 9.47 Å². The highest BCUT2D eigenvalue weighted by atomic mass is 32.2. The zero-order chi connectivity index (χ0) is 22.3. The summed E-state index contributed by atoms with van der Waals surface area (Å²) in [5.41, 5.74) is 1.99. The first-order valence-corrected chi connectivity index (χ1v) is 11.7. The fourth-order valence-electron chi connectivity index (χ4n) is 3.54. The van der Waals surface area contributed by atoms with E-state index in [2.05, 4.69) is 15.5 Å². The van der Waals surface area contributed by atoms with Crippen molar-refractivity contribution in [1.82, 2.24) is 20.1 Å². The van der Waals surface area contributed by atoms with Crippen LogP contribution in [-0.2, 0) is 16.1 Å². The van der Waals surface area contributed by atoms with Gasteiger partial charge >= 0.3 is 0 Å². The molecule has 3 aromatic rings. The lowest BCUT2D eigenvalue weighted by molar-refractivity contribution is -0.120. The van der Waals surface area contributed by atoms with Crippen LogP contribution in [0, 0.1) is 6.92 Å². The number of aryl methyl sites for hydroxylation is 1. The minimum atomic E-state index is -0.326. The first-order valence-electron chi connectivity index (χ1n) is 10.9. The lowest BCUT2D eigenvalue weighted by Crippen LogP contribution is -2.36. The molecule has 1 fully saturated rings. The third-order valence-electron chi connectivity index (χ3n) is 5.34. The van der Waals surface area contributed by atoms with Crippen LogP contribution in [-0.4, -0.2) is 45.2 Å². The molecule has 7 nitrogen and oxygen atoms in total. The van der Waals surface area contributed by atoms with Crippen molar-refractivity contribution in [2.45, 2.75) is 49.8 Å². The number of amides is 1. The molecular weight excluding hydrogens is 424 g/mol. The number of hydrogen-bond acceptors (Lipinski definition) is 6. The fraction of sp³-hybridized carbons (Fsp3) is 0.375. The number of carbonyl (C=O) groups excluding carboxylic acids is 1. The van der Waals surface area contributed by atoms with Gasteiger partial charge in [-0.1, -0.05) is 48.2 Å². The van der Waals surface area contributed by atoms with Crippen LogP contribution in [0.2, 0.25) is 0 Å². The fourth-order valence-corrected chi connectivity index (χ4v) is 4.45. The van der Waals surface area contributed by atoms with Gasteiger partial charge < -0.3 is 14.8 Å². The summed E-state index contributed by atoms with van der Waals surface area (Å²) in [4.78, 5) is 12.6. The number of thioether (sulfide) groups is 1. The van der Waals surface area contributed by atoms with Crippen LogP contribution in [0.5, 0.6) is 5.75 Å². The third kappa shape index (κ3) is 5.49. The molecule has 168 valence electrons. The van der Waals surface area contributed by atoms with Gasteiger partial charge in [0.25, 0.3) is 0 Å². The molecule has 0 spiro atoms. The monoisotopic (exact) mass is 452 g/mol. The largest absolute Gasteiger partial charge is 0.485 e. The molecule has 1 amide bonds. The van der Waals surface area contributed by atoms with Crippen molar-refractivity contribution in [2.24, 2.45) is 0 Å². The van der Waals surface area contributed by atoms with Gasteiger partial charge in [0.2, 0.25) is 5.91 Å². The van der Waals surface area contributed by atoms with Gasteiger partial charge in [-0.25, -0.2) is 0 Å². The molecule has 0 unspecified atom stereocenters. The van der Waals surface area contributed by atoms with E-state index in [0.717, 1.165) is 36.4 Å². The van der Waals surface area contributed by atoms with Gasteiger partial charge in [-0.05, 0) is 50.5 Å². The highest BCUT2D eigenvalue weighted by Gasteiger charge is 2.23. The number of ether oxygens (including phenoxy) is 2. The highest BCUT2D eigenvalue weighted by Crippen LogP contribution is 2.27. The van der Waals surface area contributed by atoms with E-state index < -0.39 is 0 Å². The molecule has 1 N–H and O–H groups in total. The first kappa shape index (κ1) is 22.4. The number of aromatic nitrogens is 3. The van der Waals surface area contributed by atoms with Crippen molar-refractivity contribution in [3.63, 3.8) is 0 Å². The summed E-state index contributed by atoms with van der Waals surface area (Å²) >= 11 is 1.38. The smallest absolute Gasteiger partial charge is 0.233 e. The summed E-state index contributed by atoms with van der Waals surface area (Å²) in [6.45, 7) is 5.48. The average Bonchev–Trinajstić information content (AvgIpc) is 3.47. The van der Waals surface area contributed by atoms with Crippen LogP contribution in [0.25, 0.3) is 5.69 Å². The molecule has 0 bridgehead atoms. The number of nitrogens with zero attached hydrogens (tertiary/aromatic N) is 3. The van der Waals surface area contributed by atoms with Crippen molar-refractivity contribution in [3.8, 4) is 11.4 Å². The summed E-state index contributed by atoms with van der Waals surface area (Å²) in [6.07, 6.45) is 2.17. The van der Waals surface area contributed by atoms with E-state index >= 15 is 0 Å². The van der Waals surface area contributed by atoms with Gasteiger partial charge in [-0.2, -0.15) is 0 Å². The molecule has 2 aromatic carbocycles. The molecule has 0 saturated carbocycles. The maximum Gasteiger partial charge on any atom is 0.233 e. The van der Waals surface area contributed by atoms with Crippen molar-refractivity contribution in [1.29, 1.82) is 0 Å². The van der Waals surface area contributed by atoms with E-state index in [1.54, 1.807) is 0 Å². The molecule has 4 rings (SSSR count). The Balaban J connectivity index is 1.48. The van der Waals surface area contributed by atoms with E-state index in [9.17, 15) is 4.79 Å². The molecule has 2 heterocycles.